The molecule has 4 rings (SSSR count). The van der Waals surface area contributed by atoms with E-state index < -0.39 is 0 Å². The first-order valence-corrected chi connectivity index (χ1v) is 10.8. The number of halogens is 1. The van der Waals surface area contributed by atoms with Crippen molar-refractivity contribution in [1.82, 2.24) is 19.9 Å². The number of amides is 1. The molecule has 1 aliphatic heterocycles. The van der Waals surface area contributed by atoms with Crippen molar-refractivity contribution in [2.75, 3.05) is 6.54 Å². The van der Waals surface area contributed by atoms with Crippen molar-refractivity contribution in [3.63, 3.8) is 0 Å². The number of benzene rings is 1. The second-order valence-corrected chi connectivity index (χ2v) is 8.33. The van der Waals surface area contributed by atoms with Crippen molar-refractivity contribution in [2.45, 2.75) is 38.8 Å². The van der Waals surface area contributed by atoms with Gasteiger partial charge >= 0.3 is 0 Å². The molecular formula is C23H23BrN4O2. The van der Waals surface area contributed by atoms with Gasteiger partial charge in [0, 0.05) is 29.1 Å². The van der Waals surface area contributed by atoms with Crippen LogP contribution in [0.1, 0.15) is 35.9 Å². The molecule has 0 unspecified atom stereocenters. The standard InChI is InChI=1S/C23H23BrN4O2/c1-15-6-11-19(22-25-12-4-13-26-22)21(27-15)23(29)28-14-3-5-20(16(28)2)30-18-9-7-17(24)8-10-18/h4,6-13,16,20H,3,5,14H2,1-2H3/t16-,20+/m0/s1. The Labute approximate surface area is 184 Å². The molecule has 0 radical (unpaired) electrons. The summed E-state index contributed by atoms with van der Waals surface area (Å²) in [6.45, 7) is 4.59. The lowest BCUT2D eigenvalue weighted by atomic mass is 9.98. The van der Waals surface area contributed by atoms with Gasteiger partial charge in [-0.1, -0.05) is 15.9 Å². The Balaban J connectivity index is 1.60. The summed E-state index contributed by atoms with van der Waals surface area (Å²) < 4.78 is 7.22. The lowest BCUT2D eigenvalue weighted by Crippen LogP contribution is -2.51. The highest BCUT2D eigenvalue weighted by atomic mass is 79.9. The van der Waals surface area contributed by atoms with Gasteiger partial charge in [-0.2, -0.15) is 0 Å². The van der Waals surface area contributed by atoms with Crippen molar-refractivity contribution in [3.8, 4) is 17.1 Å². The monoisotopic (exact) mass is 466 g/mol. The fourth-order valence-corrected chi connectivity index (χ4v) is 3.98. The van der Waals surface area contributed by atoms with Crippen molar-refractivity contribution >= 4 is 21.8 Å². The molecule has 0 N–H and O–H groups in total. The number of hydrogen-bond acceptors (Lipinski definition) is 5. The number of carbonyl (C=O) groups excluding carboxylic acids is 1. The molecule has 3 aromatic rings. The maximum atomic E-state index is 13.5. The number of nitrogens with zero attached hydrogens (tertiary/aromatic N) is 4. The molecule has 2 aromatic heterocycles. The third-order valence-electron chi connectivity index (χ3n) is 5.32. The Hall–Kier alpha value is -2.80. The van der Waals surface area contributed by atoms with Gasteiger partial charge in [0.2, 0.25) is 0 Å². The van der Waals surface area contributed by atoms with E-state index in [2.05, 4.69) is 30.9 Å². The lowest BCUT2D eigenvalue weighted by Gasteiger charge is -2.39. The second kappa shape index (κ2) is 8.92. The summed E-state index contributed by atoms with van der Waals surface area (Å²) in [6.07, 6.45) is 5.03. The highest BCUT2D eigenvalue weighted by molar-refractivity contribution is 9.10. The predicted molar refractivity (Wildman–Crippen MR) is 118 cm³/mol. The zero-order valence-corrected chi connectivity index (χ0v) is 18.5. The molecule has 154 valence electrons. The Morgan fingerprint density at radius 2 is 1.87 bits per heavy atom. The summed E-state index contributed by atoms with van der Waals surface area (Å²) in [5, 5.41) is 0. The highest BCUT2D eigenvalue weighted by Gasteiger charge is 2.34. The summed E-state index contributed by atoms with van der Waals surface area (Å²) in [4.78, 5) is 28.6. The molecule has 0 aliphatic carbocycles. The number of rotatable bonds is 4. The quantitative estimate of drug-likeness (QED) is 0.558. The largest absolute Gasteiger partial charge is 0.488 e. The zero-order chi connectivity index (χ0) is 21.1. The van der Waals surface area contributed by atoms with E-state index in [9.17, 15) is 4.79 Å². The van der Waals surface area contributed by atoms with Crippen LogP contribution in [-0.4, -0.2) is 44.4 Å². The second-order valence-electron chi connectivity index (χ2n) is 7.41. The van der Waals surface area contributed by atoms with E-state index in [0.29, 0.717) is 23.6 Å². The third kappa shape index (κ3) is 4.36. The van der Waals surface area contributed by atoms with Crippen molar-refractivity contribution in [3.05, 3.63) is 70.7 Å². The lowest BCUT2D eigenvalue weighted by molar-refractivity contribution is 0.0277. The molecule has 30 heavy (non-hydrogen) atoms. The maximum absolute atomic E-state index is 13.5. The summed E-state index contributed by atoms with van der Waals surface area (Å²) in [5.74, 6) is 1.19. The Morgan fingerprint density at radius 3 is 2.60 bits per heavy atom. The van der Waals surface area contributed by atoms with Crippen LogP contribution >= 0.6 is 15.9 Å². The normalized spacial score (nSPS) is 18.8. The van der Waals surface area contributed by atoms with Crippen LogP contribution in [0.25, 0.3) is 11.4 Å². The minimum Gasteiger partial charge on any atom is -0.488 e. The molecule has 7 heteroatoms. The van der Waals surface area contributed by atoms with Gasteiger partial charge in [0.1, 0.15) is 17.5 Å². The van der Waals surface area contributed by atoms with Crippen LogP contribution in [0.4, 0.5) is 0 Å². The number of hydrogen-bond donors (Lipinski definition) is 0. The minimum atomic E-state index is -0.113. The van der Waals surface area contributed by atoms with E-state index in [-0.39, 0.29) is 18.1 Å². The van der Waals surface area contributed by atoms with Crippen LogP contribution in [0.2, 0.25) is 0 Å². The van der Waals surface area contributed by atoms with Gasteiger partial charge in [-0.3, -0.25) is 4.79 Å². The molecular weight excluding hydrogens is 444 g/mol. The van der Waals surface area contributed by atoms with E-state index in [1.807, 2.05) is 55.1 Å². The van der Waals surface area contributed by atoms with E-state index in [0.717, 1.165) is 28.8 Å². The number of aromatic nitrogens is 3. The number of carbonyl (C=O) groups is 1. The highest BCUT2D eigenvalue weighted by Crippen LogP contribution is 2.27. The summed E-state index contributed by atoms with van der Waals surface area (Å²) >= 11 is 3.44. The Morgan fingerprint density at radius 1 is 1.13 bits per heavy atom. The molecule has 1 saturated heterocycles. The maximum Gasteiger partial charge on any atom is 0.273 e. The molecule has 0 saturated carbocycles. The summed E-state index contributed by atoms with van der Waals surface area (Å²) in [7, 11) is 0. The van der Waals surface area contributed by atoms with Crippen molar-refractivity contribution in [2.24, 2.45) is 0 Å². The molecule has 6 nitrogen and oxygen atoms in total. The first kappa shape index (κ1) is 20.5. The van der Waals surface area contributed by atoms with Crippen LogP contribution in [0.5, 0.6) is 5.75 Å². The first-order chi connectivity index (χ1) is 14.5. The van der Waals surface area contributed by atoms with Crippen LogP contribution in [0.3, 0.4) is 0 Å². The Bertz CT molecular complexity index is 1030. The van der Waals surface area contributed by atoms with Gasteiger partial charge < -0.3 is 9.64 Å². The van der Waals surface area contributed by atoms with Crippen LogP contribution in [0, 0.1) is 6.92 Å². The third-order valence-corrected chi connectivity index (χ3v) is 5.85. The van der Waals surface area contributed by atoms with E-state index >= 15 is 0 Å². The van der Waals surface area contributed by atoms with Crippen LogP contribution < -0.4 is 4.74 Å². The predicted octanol–water partition coefficient (Wildman–Crippen LogP) is 4.68. The number of pyridine rings is 1. The number of piperidine rings is 1. The topological polar surface area (TPSA) is 68.2 Å². The minimum absolute atomic E-state index is 0.0786. The molecule has 0 spiro atoms. The number of aryl methyl sites for hydroxylation is 1. The molecule has 3 heterocycles. The number of likely N-dealkylation sites (tertiary alicyclic amines) is 1. The molecule has 1 aromatic carbocycles. The Kier molecular flexibility index (Phi) is 6.08. The molecule has 1 fully saturated rings. The van der Waals surface area contributed by atoms with Crippen LogP contribution in [-0.2, 0) is 0 Å². The van der Waals surface area contributed by atoms with E-state index in [4.69, 9.17) is 4.74 Å². The summed E-state index contributed by atoms with van der Waals surface area (Å²) in [6, 6.07) is 13.2. The van der Waals surface area contributed by atoms with Gasteiger partial charge in [0.15, 0.2) is 5.82 Å². The average molecular weight is 467 g/mol. The fourth-order valence-electron chi connectivity index (χ4n) is 3.71. The van der Waals surface area contributed by atoms with Gasteiger partial charge in [-0.15, -0.1) is 0 Å². The van der Waals surface area contributed by atoms with Gasteiger partial charge in [-0.05, 0) is 69.2 Å². The zero-order valence-electron chi connectivity index (χ0n) is 17.0. The van der Waals surface area contributed by atoms with Crippen molar-refractivity contribution < 1.29 is 9.53 Å². The van der Waals surface area contributed by atoms with E-state index in [1.165, 1.54) is 0 Å². The van der Waals surface area contributed by atoms with E-state index in [1.54, 1.807) is 18.5 Å². The molecule has 1 aliphatic rings. The fraction of sp³-hybridized carbons (Fsp3) is 0.304. The van der Waals surface area contributed by atoms with Crippen LogP contribution in [0.15, 0.2) is 59.3 Å². The summed E-state index contributed by atoms with van der Waals surface area (Å²) in [5.41, 5.74) is 1.82. The SMILES string of the molecule is Cc1ccc(-c2ncccn2)c(C(=O)N2CCC[C@@H](Oc3ccc(Br)cc3)[C@@H]2C)n1. The van der Waals surface area contributed by atoms with Gasteiger partial charge in [0.05, 0.1) is 11.6 Å². The molecule has 2 atom stereocenters. The molecule has 1 amide bonds. The van der Waals surface area contributed by atoms with Gasteiger partial charge in [0.25, 0.3) is 5.91 Å². The van der Waals surface area contributed by atoms with Gasteiger partial charge in [-0.25, -0.2) is 15.0 Å². The molecule has 0 bridgehead atoms. The number of ether oxygens (including phenoxy) is 1. The average Bonchev–Trinajstić information content (AvgIpc) is 2.77. The first-order valence-electron chi connectivity index (χ1n) is 10.0. The smallest absolute Gasteiger partial charge is 0.273 e. The van der Waals surface area contributed by atoms with Crippen molar-refractivity contribution in [1.29, 1.82) is 0 Å².